The highest BCUT2D eigenvalue weighted by molar-refractivity contribution is 8.04. The van der Waals surface area contributed by atoms with E-state index in [1.54, 1.807) is 0 Å². The van der Waals surface area contributed by atoms with Crippen LogP contribution in [0.2, 0.25) is 0 Å². The molecular formula is C15H18N2O3S2. The molecule has 0 radical (unpaired) electrons. The van der Waals surface area contributed by atoms with E-state index in [2.05, 4.69) is 12.6 Å². The molecule has 0 spiro atoms. The molecule has 118 valence electrons. The molecule has 0 saturated carbocycles. The highest BCUT2D eigenvalue weighted by Gasteiger charge is 2.57. The van der Waals surface area contributed by atoms with E-state index in [1.165, 1.54) is 16.7 Å². The van der Waals surface area contributed by atoms with Gasteiger partial charge in [-0.3, -0.25) is 14.5 Å². The molecule has 0 aromatic carbocycles. The van der Waals surface area contributed by atoms with Crippen molar-refractivity contribution in [3.63, 3.8) is 0 Å². The number of β-lactam (4-membered cyclic amide) rings is 1. The van der Waals surface area contributed by atoms with Crippen LogP contribution in [-0.4, -0.2) is 37.1 Å². The standard InChI is InChI=1S/C15H18N2O3S2/c1-2-9(18)11-13(19)17-12(15(20)21)10(22-14(11)17)5-8-16-6-3-4-7-16/h3-4,6-7,9,11,14,18H,2,5,8H2,1H3,(H,20,21)/t9-,11+,14+/m0/s1. The van der Waals surface area contributed by atoms with Gasteiger partial charge in [0.25, 0.3) is 0 Å². The van der Waals surface area contributed by atoms with Gasteiger partial charge in [-0.1, -0.05) is 19.6 Å². The summed E-state index contributed by atoms with van der Waals surface area (Å²) in [5.74, 6) is -0.582. The number of thioether (sulfide) groups is 1. The number of fused-ring (bicyclic) bond motifs is 1. The lowest BCUT2D eigenvalue weighted by molar-refractivity contribution is -0.154. The fourth-order valence-corrected chi connectivity index (χ4v) is 4.82. The minimum atomic E-state index is -0.652. The topological polar surface area (TPSA) is 62.5 Å². The SMILES string of the molecule is CC[C@H](O)[C@@H]1C(=O)N2C(C(=O)S)=C(CCn3cccc3)S[C@H]12. The second kappa shape index (κ2) is 6.14. The lowest BCUT2D eigenvalue weighted by Crippen LogP contribution is -2.61. The number of hydrogen-bond donors (Lipinski definition) is 2. The van der Waals surface area contributed by atoms with Gasteiger partial charge in [0, 0.05) is 23.8 Å². The molecule has 1 amide bonds. The number of aliphatic hydroxyl groups excluding tert-OH is 1. The number of amides is 1. The van der Waals surface area contributed by atoms with E-state index >= 15 is 0 Å². The Bertz CT molecular complexity index is 627. The molecule has 0 unspecified atom stereocenters. The maximum Gasteiger partial charge on any atom is 0.236 e. The number of aliphatic hydroxyl groups is 1. The average molecular weight is 338 g/mol. The van der Waals surface area contributed by atoms with Gasteiger partial charge < -0.3 is 9.67 Å². The van der Waals surface area contributed by atoms with Crippen LogP contribution in [0.4, 0.5) is 0 Å². The van der Waals surface area contributed by atoms with Gasteiger partial charge in [-0.25, -0.2) is 0 Å². The van der Waals surface area contributed by atoms with Crippen molar-refractivity contribution >= 4 is 35.4 Å². The Labute approximate surface area is 138 Å². The number of carbonyl (C=O) groups excluding carboxylic acids is 2. The summed E-state index contributed by atoms with van der Waals surface area (Å²) in [6.45, 7) is 2.60. The summed E-state index contributed by atoms with van der Waals surface area (Å²) in [7, 11) is 0. The molecule has 0 aliphatic carbocycles. The van der Waals surface area contributed by atoms with Crippen molar-refractivity contribution in [3.05, 3.63) is 35.1 Å². The van der Waals surface area contributed by atoms with Crippen LogP contribution in [0, 0.1) is 5.92 Å². The molecule has 22 heavy (non-hydrogen) atoms. The number of aromatic nitrogens is 1. The fourth-order valence-electron chi connectivity index (χ4n) is 2.94. The number of nitrogens with zero attached hydrogens (tertiary/aromatic N) is 2. The molecule has 1 saturated heterocycles. The first-order valence-electron chi connectivity index (χ1n) is 7.29. The lowest BCUT2D eigenvalue weighted by atomic mass is 9.90. The smallest absolute Gasteiger partial charge is 0.236 e. The molecule has 1 aromatic heterocycles. The predicted octanol–water partition coefficient (Wildman–Crippen LogP) is 1.85. The highest BCUT2D eigenvalue weighted by Crippen LogP contribution is 2.52. The van der Waals surface area contributed by atoms with E-state index in [9.17, 15) is 14.7 Å². The largest absolute Gasteiger partial charge is 0.392 e. The molecule has 0 bridgehead atoms. The summed E-state index contributed by atoms with van der Waals surface area (Å²) in [6.07, 6.45) is 4.49. The first kappa shape index (κ1) is 15.7. The normalized spacial score (nSPS) is 25.2. The van der Waals surface area contributed by atoms with Crippen LogP contribution in [0.25, 0.3) is 0 Å². The molecular weight excluding hydrogens is 320 g/mol. The van der Waals surface area contributed by atoms with E-state index in [4.69, 9.17) is 0 Å². The van der Waals surface area contributed by atoms with Crippen molar-refractivity contribution in [3.8, 4) is 0 Å². The van der Waals surface area contributed by atoms with Crippen LogP contribution in [0.15, 0.2) is 35.1 Å². The first-order chi connectivity index (χ1) is 10.5. The van der Waals surface area contributed by atoms with E-state index in [-0.39, 0.29) is 16.4 Å². The summed E-state index contributed by atoms with van der Waals surface area (Å²) in [5.41, 5.74) is 0.398. The van der Waals surface area contributed by atoms with Crippen LogP contribution >= 0.6 is 24.4 Å². The molecule has 2 aliphatic heterocycles. The van der Waals surface area contributed by atoms with Crippen LogP contribution in [0.5, 0.6) is 0 Å². The van der Waals surface area contributed by atoms with Gasteiger partial charge in [-0.2, -0.15) is 0 Å². The van der Waals surface area contributed by atoms with Gasteiger partial charge in [0.2, 0.25) is 11.0 Å². The van der Waals surface area contributed by atoms with Crippen molar-refractivity contribution in [2.75, 3.05) is 0 Å². The average Bonchev–Trinajstić information content (AvgIpc) is 3.10. The maximum absolute atomic E-state index is 12.3. The second-order valence-corrected chi connectivity index (χ2v) is 7.08. The third kappa shape index (κ3) is 2.51. The number of carbonyl (C=O) groups is 2. The van der Waals surface area contributed by atoms with E-state index in [0.717, 1.165) is 11.4 Å². The number of thiol groups is 1. The minimum Gasteiger partial charge on any atom is -0.392 e. The van der Waals surface area contributed by atoms with Crippen LogP contribution < -0.4 is 0 Å². The Morgan fingerprint density at radius 3 is 2.73 bits per heavy atom. The van der Waals surface area contributed by atoms with Crippen molar-refractivity contribution in [2.24, 2.45) is 5.92 Å². The molecule has 3 heterocycles. The Morgan fingerprint density at radius 2 is 2.14 bits per heavy atom. The molecule has 5 nitrogen and oxygen atoms in total. The Morgan fingerprint density at radius 1 is 1.45 bits per heavy atom. The molecule has 1 aromatic rings. The third-order valence-corrected chi connectivity index (χ3v) is 5.79. The summed E-state index contributed by atoms with van der Waals surface area (Å²) in [5, 5.41) is 9.46. The molecule has 3 rings (SSSR count). The van der Waals surface area contributed by atoms with Crippen LogP contribution in [0.1, 0.15) is 19.8 Å². The molecule has 2 aliphatic rings. The Kier molecular flexibility index (Phi) is 4.38. The van der Waals surface area contributed by atoms with Gasteiger partial charge in [-0.15, -0.1) is 11.8 Å². The monoisotopic (exact) mass is 338 g/mol. The summed E-state index contributed by atoms with van der Waals surface area (Å²) >= 11 is 5.44. The van der Waals surface area contributed by atoms with E-state index in [0.29, 0.717) is 18.5 Å². The van der Waals surface area contributed by atoms with Crippen molar-refractivity contribution in [1.29, 1.82) is 0 Å². The Balaban J connectivity index is 1.78. The minimum absolute atomic E-state index is 0.159. The van der Waals surface area contributed by atoms with Crippen LogP contribution in [0.3, 0.4) is 0 Å². The van der Waals surface area contributed by atoms with E-state index in [1.807, 2.05) is 36.0 Å². The molecule has 1 fully saturated rings. The van der Waals surface area contributed by atoms with Crippen molar-refractivity contribution in [2.45, 2.75) is 37.8 Å². The number of hydrogen-bond acceptors (Lipinski definition) is 4. The van der Waals surface area contributed by atoms with Gasteiger partial charge in [-0.05, 0) is 25.0 Å². The summed E-state index contributed by atoms with van der Waals surface area (Å²) in [6, 6.07) is 3.90. The quantitative estimate of drug-likeness (QED) is 0.614. The first-order valence-corrected chi connectivity index (χ1v) is 8.62. The Hall–Kier alpha value is -1.18. The maximum atomic E-state index is 12.3. The van der Waals surface area contributed by atoms with E-state index < -0.39 is 12.0 Å². The number of aryl methyl sites for hydroxylation is 1. The van der Waals surface area contributed by atoms with Crippen LogP contribution in [-0.2, 0) is 16.1 Å². The van der Waals surface area contributed by atoms with Gasteiger partial charge in [0.05, 0.1) is 12.0 Å². The van der Waals surface area contributed by atoms with Crippen molar-refractivity contribution < 1.29 is 14.7 Å². The predicted molar refractivity (Wildman–Crippen MR) is 88.1 cm³/mol. The molecule has 1 N–H and O–H groups in total. The summed E-state index contributed by atoms with van der Waals surface area (Å²) < 4.78 is 2.03. The highest BCUT2D eigenvalue weighted by atomic mass is 32.2. The number of rotatable bonds is 6. The third-order valence-electron chi connectivity index (χ3n) is 4.15. The zero-order valence-corrected chi connectivity index (χ0v) is 13.9. The summed E-state index contributed by atoms with van der Waals surface area (Å²) in [4.78, 5) is 26.5. The number of allylic oxidation sites excluding steroid dienone is 1. The zero-order valence-electron chi connectivity index (χ0n) is 12.2. The fraction of sp³-hybridized carbons (Fsp3) is 0.467. The van der Waals surface area contributed by atoms with Gasteiger partial charge >= 0.3 is 0 Å². The molecule has 3 atom stereocenters. The molecule has 7 heteroatoms. The van der Waals surface area contributed by atoms with Gasteiger partial charge in [0.15, 0.2) is 0 Å². The second-order valence-electron chi connectivity index (χ2n) is 5.47. The zero-order chi connectivity index (χ0) is 15.9. The van der Waals surface area contributed by atoms with Gasteiger partial charge in [0.1, 0.15) is 11.1 Å². The lowest BCUT2D eigenvalue weighted by Gasteiger charge is -2.44. The van der Waals surface area contributed by atoms with Crippen molar-refractivity contribution in [1.82, 2.24) is 9.47 Å².